The van der Waals surface area contributed by atoms with Gasteiger partial charge in [-0.15, -0.1) is 0 Å². The van der Waals surface area contributed by atoms with Gasteiger partial charge in [0.15, 0.2) is 0 Å². The van der Waals surface area contributed by atoms with E-state index in [-0.39, 0.29) is 23.0 Å². The van der Waals surface area contributed by atoms with Crippen LogP contribution < -0.4 is 5.32 Å². The van der Waals surface area contributed by atoms with Crippen LogP contribution in [0.2, 0.25) is 5.02 Å². The lowest BCUT2D eigenvalue weighted by Gasteiger charge is -2.18. The molecule has 0 fully saturated rings. The van der Waals surface area contributed by atoms with Gasteiger partial charge in [0.1, 0.15) is 5.82 Å². The van der Waals surface area contributed by atoms with Crippen LogP contribution in [0, 0.1) is 19.7 Å². The number of hydrogen-bond donors (Lipinski definition) is 1. The molecular weight excluding hydrogens is 331 g/mol. The molecule has 6 heteroatoms. The second-order valence-corrected chi connectivity index (χ2v) is 6.02. The minimum Gasteiger partial charge on any atom is -0.332 e. The number of anilines is 1. The first-order valence-electron chi connectivity index (χ1n) is 7.36. The first kappa shape index (κ1) is 17.9. The summed E-state index contributed by atoms with van der Waals surface area (Å²) in [5.41, 5.74) is 2.54. The van der Waals surface area contributed by atoms with Crippen molar-refractivity contribution in [3.8, 4) is 0 Å². The van der Waals surface area contributed by atoms with Gasteiger partial charge < -0.3 is 10.2 Å². The van der Waals surface area contributed by atoms with Gasteiger partial charge in [0.2, 0.25) is 5.91 Å². The molecule has 2 aromatic carbocycles. The molecule has 2 aromatic rings. The van der Waals surface area contributed by atoms with Crippen LogP contribution in [0.1, 0.15) is 21.5 Å². The second kappa shape index (κ2) is 7.45. The van der Waals surface area contributed by atoms with Gasteiger partial charge in [-0.25, -0.2) is 4.39 Å². The monoisotopic (exact) mass is 348 g/mol. The average molecular weight is 349 g/mol. The SMILES string of the molecule is Cc1cccc(NC(=O)CN(C)C(=O)c2cc(Cl)ccc2F)c1C. The predicted molar refractivity (Wildman–Crippen MR) is 92.9 cm³/mol. The molecular formula is C18H18ClFN2O2. The Morgan fingerprint density at radius 1 is 1.21 bits per heavy atom. The van der Waals surface area contributed by atoms with Gasteiger partial charge >= 0.3 is 0 Å². The van der Waals surface area contributed by atoms with E-state index in [1.165, 1.54) is 19.2 Å². The Hall–Kier alpha value is -2.40. The molecule has 126 valence electrons. The van der Waals surface area contributed by atoms with Crippen molar-refractivity contribution in [3.63, 3.8) is 0 Å². The number of hydrogen-bond acceptors (Lipinski definition) is 2. The summed E-state index contributed by atoms with van der Waals surface area (Å²) in [4.78, 5) is 25.6. The Kier molecular flexibility index (Phi) is 5.57. The largest absolute Gasteiger partial charge is 0.332 e. The Morgan fingerprint density at radius 2 is 1.92 bits per heavy atom. The normalized spacial score (nSPS) is 10.4. The molecule has 2 rings (SSSR count). The minimum atomic E-state index is -0.675. The maximum absolute atomic E-state index is 13.8. The Labute approximate surface area is 145 Å². The van der Waals surface area contributed by atoms with Crippen molar-refractivity contribution in [1.82, 2.24) is 4.90 Å². The Morgan fingerprint density at radius 3 is 2.62 bits per heavy atom. The number of aryl methyl sites for hydroxylation is 1. The number of amides is 2. The van der Waals surface area contributed by atoms with E-state index in [0.717, 1.165) is 22.1 Å². The molecule has 1 N–H and O–H groups in total. The molecule has 0 spiro atoms. The Bertz CT molecular complexity index is 793. The summed E-state index contributed by atoms with van der Waals surface area (Å²) in [6.45, 7) is 3.65. The van der Waals surface area contributed by atoms with Gasteiger partial charge in [0, 0.05) is 17.8 Å². The highest BCUT2D eigenvalue weighted by Crippen LogP contribution is 2.19. The van der Waals surface area contributed by atoms with Crippen molar-refractivity contribution in [2.45, 2.75) is 13.8 Å². The zero-order valence-electron chi connectivity index (χ0n) is 13.7. The van der Waals surface area contributed by atoms with Gasteiger partial charge in [0.05, 0.1) is 12.1 Å². The molecule has 0 unspecified atom stereocenters. The highest BCUT2D eigenvalue weighted by molar-refractivity contribution is 6.31. The molecule has 0 saturated carbocycles. The topological polar surface area (TPSA) is 49.4 Å². The molecule has 4 nitrogen and oxygen atoms in total. The highest BCUT2D eigenvalue weighted by Gasteiger charge is 2.19. The van der Waals surface area contributed by atoms with Gasteiger partial charge in [-0.1, -0.05) is 23.7 Å². The van der Waals surface area contributed by atoms with Crippen LogP contribution in [-0.2, 0) is 4.79 Å². The lowest BCUT2D eigenvalue weighted by atomic mass is 10.1. The molecule has 0 bridgehead atoms. The van der Waals surface area contributed by atoms with Crippen LogP contribution in [0.25, 0.3) is 0 Å². The van der Waals surface area contributed by atoms with Crippen LogP contribution in [0.4, 0.5) is 10.1 Å². The lowest BCUT2D eigenvalue weighted by Crippen LogP contribution is -2.35. The molecule has 2 amide bonds. The molecule has 0 aliphatic rings. The van der Waals surface area contributed by atoms with Crippen molar-refractivity contribution >= 4 is 29.1 Å². The fourth-order valence-corrected chi connectivity index (χ4v) is 2.40. The number of nitrogens with one attached hydrogen (secondary N) is 1. The van der Waals surface area contributed by atoms with Crippen LogP contribution in [0.15, 0.2) is 36.4 Å². The number of benzene rings is 2. The Balaban J connectivity index is 2.07. The number of likely N-dealkylation sites (N-methyl/N-ethyl adjacent to an activating group) is 1. The maximum atomic E-state index is 13.8. The fraction of sp³-hybridized carbons (Fsp3) is 0.222. The number of carbonyl (C=O) groups excluding carboxylic acids is 2. The molecule has 0 aliphatic carbocycles. The first-order valence-corrected chi connectivity index (χ1v) is 7.74. The van der Waals surface area contributed by atoms with E-state index in [4.69, 9.17) is 11.6 Å². The number of halogens is 2. The molecule has 0 saturated heterocycles. The third-order valence-corrected chi connectivity index (χ3v) is 4.00. The van der Waals surface area contributed by atoms with Gasteiger partial charge in [0.25, 0.3) is 5.91 Å². The van der Waals surface area contributed by atoms with E-state index in [2.05, 4.69) is 5.32 Å². The molecule has 0 radical (unpaired) electrons. The first-order chi connectivity index (χ1) is 11.3. The molecule has 24 heavy (non-hydrogen) atoms. The number of nitrogens with zero attached hydrogens (tertiary/aromatic N) is 1. The summed E-state index contributed by atoms with van der Waals surface area (Å²) in [7, 11) is 1.44. The summed E-state index contributed by atoms with van der Waals surface area (Å²) >= 11 is 5.79. The quantitative estimate of drug-likeness (QED) is 0.913. The summed E-state index contributed by atoms with van der Waals surface area (Å²) in [6.07, 6.45) is 0. The summed E-state index contributed by atoms with van der Waals surface area (Å²) in [6, 6.07) is 9.31. The van der Waals surface area contributed by atoms with E-state index < -0.39 is 11.7 Å². The maximum Gasteiger partial charge on any atom is 0.257 e. The van der Waals surface area contributed by atoms with Gasteiger partial charge in [-0.3, -0.25) is 9.59 Å². The van der Waals surface area contributed by atoms with E-state index in [0.29, 0.717) is 5.69 Å². The molecule has 0 aliphatic heterocycles. The van der Waals surface area contributed by atoms with Gasteiger partial charge in [-0.2, -0.15) is 0 Å². The molecule has 0 heterocycles. The summed E-state index contributed by atoms with van der Waals surface area (Å²) in [5.74, 6) is -1.64. The summed E-state index contributed by atoms with van der Waals surface area (Å²) < 4.78 is 13.8. The van der Waals surface area contributed by atoms with Crippen molar-refractivity contribution in [2.24, 2.45) is 0 Å². The molecule has 0 atom stereocenters. The third-order valence-electron chi connectivity index (χ3n) is 3.77. The fourth-order valence-electron chi connectivity index (χ4n) is 2.23. The van der Waals surface area contributed by atoms with Crippen LogP contribution in [0.5, 0.6) is 0 Å². The second-order valence-electron chi connectivity index (χ2n) is 5.58. The van der Waals surface area contributed by atoms with E-state index >= 15 is 0 Å². The lowest BCUT2D eigenvalue weighted by molar-refractivity contribution is -0.116. The molecule has 0 aromatic heterocycles. The van der Waals surface area contributed by atoms with E-state index in [1.54, 1.807) is 6.07 Å². The van der Waals surface area contributed by atoms with E-state index in [1.807, 2.05) is 26.0 Å². The minimum absolute atomic E-state index is 0.162. The van der Waals surface area contributed by atoms with Crippen LogP contribution in [0.3, 0.4) is 0 Å². The summed E-state index contributed by atoms with van der Waals surface area (Å²) in [5, 5.41) is 3.02. The predicted octanol–water partition coefficient (Wildman–Crippen LogP) is 3.81. The number of rotatable bonds is 4. The van der Waals surface area contributed by atoms with Crippen molar-refractivity contribution < 1.29 is 14.0 Å². The van der Waals surface area contributed by atoms with Crippen LogP contribution >= 0.6 is 11.6 Å². The zero-order valence-corrected chi connectivity index (χ0v) is 14.4. The average Bonchev–Trinajstić information content (AvgIpc) is 2.53. The smallest absolute Gasteiger partial charge is 0.257 e. The van der Waals surface area contributed by atoms with Crippen molar-refractivity contribution in [1.29, 1.82) is 0 Å². The highest BCUT2D eigenvalue weighted by atomic mass is 35.5. The zero-order chi connectivity index (χ0) is 17.9. The standard InChI is InChI=1S/C18H18ClFN2O2/c1-11-5-4-6-16(12(11)2)21-17(23)10-22(3)18(24)14-9-13(19)7-8-15(14)20/h4-9H,10H2,1-3H3,(H,21,23). The van der Waals surface area contributed by atoms with Gasteiger partial charge in [-0.05, 0) is 49.2 Å². The third kappa shape index (κ3) is 4.11. The van der Waals surface area contributed by atoms with Crippen LogP contribution in [-0.4, -0.2) is 30.3 Å². The van der Waals surface area contributed by atoms with Crippen molar-refractivity contribution in [3.05, 3.63) is 63.9 Å². The number of carbonyl (C=O) groups is 2. The van der Waals surface area contributed by atoms with E-state index in [9.17, 15) is 14.0 Å². The van der Waals surface area contributed by atoms with Crippen molar-refractivity contribution in [2.75, 3.05) is 18.9 Å².